The van der Waals surface area contributed by atoms with E-state index in [0.29, 0.717) is 11.5 Å². The lowest BCUT2D eigenvalue weighted by Crippen LogP contribution is -2.36. The van der Waals surface area contributed by atoms with Gasteiger partial charge < -0.3 is 25.2 Å². The Labute approximate surface area is 116 Å². The third-order valence-corrected chi connectivity index (χ3v) is 2.56. The summed E-state index contributed by atoms with van der Waals surface area (Å²) in [5.74, 6) is 0.314. The van der Waals surface area contributed by atoms with Crippen LogP contribution in [0.3, 0.4) is 0 Å². The highest BCUT2D eigenvalue weighted by Gasteiger charge is 2.07. The van der Waals surface area contributed by atoms with E-state index in [1.54, 1.807) is 25.3 Å². The van der Waals surface area contributed by atoms with Crippen molar-refractivity contribution in [3.63, 3.8) is 0 Å². The Morgan fingerprint density at radius 3 is 2.55 bits per heavy atom. The van der Waals surface area contributed by atoms with E-state index in [1.807, 2.05) is 0 Å². The number of nitrogens with one attached hydrogen (secondary N) is 2. The molecule has 0 saturated carbocycles. The van der Waals surface area contributed by atoms with E-state index < -0.39 is 12.0 Å². The van der Waals surface area contributed by atoms with Crippen LogP contribution in [0.4, 0.5) is 4.79 Å². The second kappa shape index (κ2) is 7.88. The number of carboxylic acid groups (broad SMARTS) is 1. The number of carboxylic acids is 1. The zero-order valence-corrected chi connectivity index (χ0v) is 11.4. The molecule has 1 aromatic rings. The van der Waals surface area contributed by atoms with Gasteiger partial charge in [0.1, 0.15) is 11.5 Å². The maximum absolute atomic E-state index is 11.4. The highest BCUT2D eigenvalue weighted by molar-refractivity contribution is 5.75. The van der Waals surface area contributed by atoms with Crippen LogP contribution in [0.15, 0.2) is 18.2 Å². The van der Waals surface area contributed by atoms with Crippen LogP contribution in [0.25, 0.3) is 0 Å². The number of hydrogen-bond acceptors (Lipinski definition) is 4. The second-order valence-corrected chi connectivity index (χ2v) is 3.93. The Bertz CT molecular complexity index is 476. The van der Waals surface area contributed by atoms with E-state index in [1.165, 1.54) is 7.11 Å². The topological polar surface area (TPSA) is 96.9 Å². The highest BCUT2D eigenvalue weighted by atomic mass is 16.5. The summed E-state index contributed by atoms with van der Waals surface area (Å²) in [5, 5.41) is 13.5. The van der Waals surface area contributed by atoms with Crippen LogP contribution in [-0.2, 0) is 11.3 Å². The largest absolute Gasteiger partial charge is 0.497 e. The predicted octanol–water partition coefficient (Wildman–Crippen LogP) is 0.978. The molecule has 0 spiro atoms. The molecule has 3 N–H and O–H groups in total. The van der Waals surface area contributed by atoms with E-state index >= 15 is 0 Å². The van der Waals surface area contributed by atoms with Gasteiger partial charge in [0.15, 0.2) is 0 Å². The number of rotatable bonds is 7. The summed E-state index contributed by atoms with van der Waals surface area (Å²) in [7, 11) is 3.09. The first-order valence-electron chi connectivity index (χ1n) is 6.01. The number of aliphatic carboxylic acids is 1. The fraction of sp³-hybridized carbons (Fsp3) is 0.385. The molecule has 1 rings (SSSR count). The molecular weight excluding hydrogens is 264 g/mol. The van der Waals surface area contributed by atoms with E-state index in [0.717, 1.165) is 5.56 Å². The van der Waals surface area contributed by atoms with Gasteiger partial charge in [-0.1, -0.05) is 0 Å². The van der Waals surface area contributed by atoms with Crippen molar-refractivity contribution in [2.75, 3.05) is 20.8 Å². The summed E-state index contributed by atoms with van der Waals surface area (Å²) >= 11 is 0. The van der Waals surface area contributed by atoms with Crippen LogP contribution in [0, 0.1) is 0 Å². The first-order valence-corrected chi connectivity index (χ1v) is 6.01. The quantitative estimate of drug-likeness (QED) is 0.692. The number of benzene rings is 1. The molecule has 0 aromatic heterocycles. The van der Waals surface area contributed by atoms with Crippen molar-refractivity contribution in [2.45, 2.75) is 13.0 Å². The minimum Gasteiger partial charge on any atom is -0.497 e. The fourth-order valence-corrected chi connectivity index (χ4v) is 1.52. The number of hydrogen-bond donors (Lipinski definition) is 3. The summed E-state index contributed by atoms with van der Waals surface area (Å²) in [4.78, 5) is 21.7. The van der Waals surface area contributed by atoms with Crippen molar-refractivity contribution in [1.29, 1.82) is 0 Å². The van der Waals surface area contributed by atoms with Crippen molar-refractivity contribution in [2.24, 2.45) is 0 Å². The Hall–Kier alpha value is -2.44. The molecule has 1 aromatic carbocycles. The van der Waals surface area contributed by atoms with Crippen molar-refractivity contribution < 1.29 is 24.2 Å². The summed E-state index contributed by atoms with van der Waals surface area (Å²) in [6.45, 7) is 0.354. The molecule has 0 atom stereocenters. The molecule has 0 unspecified atom stereocenters. The molecule has 0 aliphatic carbocycles. The van der Waals surface area contributed by atoms with E-state index in [2.05, 4.69) is 10.6 Å². The normalized spacial score (nSPS) is 9.70. The lowest BCUT2D eigenvalue weighted by Gasteiger charge is -2.11. The van der Waals surface area contributed by atoms with Crippen LogP contribution < -0.4 is 20.1 Å². The van der Waals surface area contributed by atoms with Gasteiger partial charge in [0.05, 0.1) is 20.6 Å². The monoisotopic (exact) mass is 282 g/mol. The van der Waals surface area contributed by atoms with Gasteiger partial charge >= 0.3 is 12.0 Å². The third kappa shape index (κ3) is 5.05. The number of methoxy groups -OCH3 is 2. The standard InChI is InChI=1S/C13H18N2O5/c1-19-10-4-3-9(11(7-10)20-2)8-15-13(18)14-6-5-12(16)17/h3-4,7H,5-6,8H2,1-2H3,(H,16,17)(H2,14,15,18). The van der Waals surface area contributed by atoms with Crippen molar-refractivity contribution in [3.05, 3.63) is 23.8 Å². The Morgan fingerprint density at radius 2 is 1.95 bits per heavy atom. The fourth-order valence-electron chi connectivity index (χ4n) is 1.52. The maximum Gasteiger partial charge on any atom is 0.315 e. The lowest BCUT2D eigenvalue weighted by molar-refractivity contribution is -0.136. The number of carbonyl (C=O) groups is 2. The van der Waals surface area contributed by atoms with Crippen LogP contribution in [-0.4, -0.2) is 37.9 Å². The molecule has 0 radical (unpaired) electrons. The molecule has 0 bridgehead atoms. The van der Waals surface area contributed by atoms with Crippen molar-refractivity contribution >= 4 is 12.0 Å². The number of amides is 2. The minimum absolute atomic E-state index is 0.0842. The SMILES string of the molecule is COc1ccc(CNC(=O)NCCC(=O)O)c(OC)c1. The molecule has 0 aliphatic heterocycles. The molecule has 20 heavy (non-hydrogen) atoms. The van der Waals surface area contributed by atoms with Gasteiger partial charge in [-0.2, -0.15) is 0 Å². The lowest BCUT2D eigenvalue weighted by atomic mass is 10.2. The third-order valence-electron chi connectivity index (χ3n) is 2.56. The van der Waals surface area contributed by atoms with Gasteiger partial charge in [-0.15, -0.1) is 0 Å². The van der Waals surface area contributed by atoms with E-state index in [4.69, 9.17) is 14.6 Å². The molecular formula is C13H18N2O5. The Balaban J connectivity index is 2.48. The minimum atomic E-state index is -0.956. The number of urea groups is 1. The molecule has 0 heterocycles. The van der Waals surface area contributed by atoms with Crippen LogP contribution in [0.1, 0.15) is 12.0 Å². The zero-order chi connectivity index (χ0) is 15.0. The first kappa shape index (κ1) is 15.6. The molecule has 2 amide bonds. The van der Waals surface area contributed by atoms with Gasteiger partial charge in [0.2, 0.25) is 0 Å². The van der Waals surface area contributed by atoms with Gasteiger partial charge in [-0.25, -0.2) is 4.79 Å². The molecule has 0 saturated heterocycles. The molecule has 7 nitrogen and oxygen atoms in total. The summed E-state index contributed by atoms with van der Waals surface area (Å²) in [6.07, 6.45) is -0.112. The average Bonchev–Trinajstić information content (AvgIpc) is 2.44. The van der Waals surface area contributed by atoms with E-state index in [-0.39, 0.29) is 19.5 Å². The average molecular weight is 282 g/mol. The van der Waals surface area contributed by atoms with Crippen LogP contribution >= 0.6 is 0 Å². The van der Waals surface area contributed by atoms with E-state index in [9.17, 15) is 9.59 Å². The van der Waals surface area contributed by atoms with Crippen molar-refractivity contribution in [1.82, 2.24) is 10.6 Å². The number of carbonyl (C=O) groups excluding carboxylic acids is 1. The molecule has 7 heteroatoms. The summed E-state index contributed by atoms with van der Waals surface area (Å²) < 4.78 is 10.3. The van der Waals surface area contributed by atoms with Gasteiger partial charge in [-0.05, 0) is 12.1 Å². The summed E-state index contributed by atoms with van der Waals surface area (Å²) in [6, 6.07) is 4.85. The van der Waals surface area contributed by atoms with Crippen LogP contribution in [0.2, 0.25) is 0 Å². The summed E-state index contributed by atoms with van der Waals surface area (Å²) in [5.41, 5.74) is 0.793. The highest BCUT2D eigenvalue weighted by Crippen LogP contribution is 2.24. The second-order valence-electron chi connectivity index (χ2n) is 3.93. The Kier molecular flexibility index (Phi) is 6.15. The van der Waals surface area contributed by atoms with Crippen molar-refractivity contribution in [3.8, 4) is 11.5 Å². The van der Waals surface area contributed by atoms with Gasteiger partial charge in [0.25, 0.3) is 0 Å². The molecule has 0 fully saturated rings. The maximum atomic E-state index is 11.4. The first-order chi connectivity index (χ1) is 9.56. The van der Waals surface area contributed by atoms with Gasteiger partial charge in [0, 0.05) is 24.7 Å². The predicted molar refractivity (Wildman–Crippen MR) is 72.0 cm³/mol. The zero-order valence-electron chi connectivity index (χ0n) is 11.4. The Morgan fingerprint density at radius 1 is 1.20 bits per heavy atom. The number of ether oxygens (including phenoxy) is 2. The van der Waals surface area contributed by atoms with Crippen LogP contribution in [0.5, 0.6) is 11.5 Å². The molecule has 0 aliphatic rings. The smallest absolute Gasteiger partial charge is 0.315 e. The molecule has 110 valence electrons. The van der Waals surface area contributed by atoms with Gasteiger partial charge in [-0.3, -0.25) is 4.79 Å².